The van der Waals surface area contributed by atoms with E-state index < -0.39 is 18.2 Å². The monoisotopic (exact) mass is 243 g/mol. The summed E-state index contributed by atoms with van der Waals surface area (Å²) < 4.78 is 9.29. The number of esters is 1. The van der Waals surface area contributed by atoms with Gasteiger partial charge in [0.15, 0.2) is 5.78 Å². The minimum Gasteiger partial charge on any atom is -0.480 e. The third-order valence-electron chi connectivity index (χ3n) is 1.87. The summed E-state index contributed by atoms with van der Waals surface area (Å²) in [5.74, 6) is -1.02. The van der Waals surface area contributed by atoms with Gasteiger partial charge >= 0.3 is 5.97 Å². The number of aromatic nitrogens is 1. The van der Waals surface area contributed by atoms with Crippen LogP contribution < -0.4 is 4.74 Å². The van der Waals surface area contributed by atoms with Crippen LogP contribution in [0, 0.1) is 0 Å². The number of carbonyl (C=O) groups is 2. The number of nitrogens with zero attached hydrogens (tertiary/aromatic N) is 1. The van der Waals surface area contributed by atoms with Crippen LogP contribution >= 0.6 is 11.6 Å². The number of hydrogen-bond donors (Lipinski definition) is 0. The summed E-state index contributed by atoms with van der Waals surface area (Å²) in [4.78, 5) is 26.5. The fourth-order valence-electron chi connectivity index (χ4n) is 1.12. The molecular weight excluding hydrogens is 234 g/mol. The van der Waals surface area contributed by atoms with Gasteiger partial charge in [-0.15, -0.1) is 0 Å². The SMILES string of the molecule is COC(=O)CC(=O)c1c(Cl)ccnc1OC. The molecule has 1 aromatic heterocycles. The first-order valence-corrected chi connectivity index (χ1v) is 4.76. The minimum atomic E-state index is -0.632. The van der Waals surface area contributed by atoms with Crippen LogP contribution in [0.4, 0.5) is 0 Å². The standard InChI is InChI=1S/C10H10ClNO4/c1-15-8(14)5-7(13)9-6(11)3-4-12-10(9)16-2/h3-4H,5H2,1-2H3. The molecule has 0 radical (unpaired) electrons. The highest BCUT2D eigenvalue weighted by Crippen LogP contribution is 2.25. The van der Waals surface area contributed by atoms with E-state index in [0.717, 1.165) is 0 Å². The van der Waals surface area contributed by atoms with Crippen molar-refractivity contribution in [2.24, 2.45) is 0 Å². The van der Waals surface area contributed by atoms with E-state index >= 15 is 0 Å². The third-order valence-corrected chi connectivity index (χ3v) is 2.19. The van der Waals surface area contributed by atoms with Crippen LogP contribution in [0.2, 0.25) is 5.02 Å². The topological polar surface area (TPSA) is 65.5 Å². The zero-order chi connectivity index (χ0) is 12.1. The number of rotatable bonds is 4. The van der Waals surface area contributed by atoms with Crippen LogP contribution in [-0.4, -0.2) is 31.0 Å². The van der Waals surface area contributed by atoms with Gasteiger partial charge in [-0.2, -0.15) is 0 Å². The average Bonchev–Trinajstić information content (AvgIpc) is 2.28. The summed E-state index contributed by atoms with van der Waals surface area (Å²) in [6.45, 7) is 0. The lowest BCUT2D eigenvalue weighted by atomic mass is 10.1. The van der Waals surface area contributed by atoms with E-state index in [4.69, 9.17) is 16.3 Å². The van der Waals surface area contributed by atoms with Crippen molar-refractivity contribution >= 4 is 23.4 Å². The van der Waals surface area contributed by atoms with Crippen LogP contribution in [0.25, 0.3) is 0 Å². The molecule has 16 heavy (non-hydrogen) atoms. The van der Waals surface area contributed by atoms with Crippen LogP contribution in [0.5, 0.6) is 5.88 Å². The molecule has 1 aromatic rings. The fourth-order valence-corrected chi connectivity index (χ4v) is 1.36. The summed E-state index contributed by atoms with van der Waals surface area (Å²) in [6.07, 6.45) is 1.02. The van der Waals surface area contributed by atoms with Gasteiger partial charge in [-0.25, -0.2) is 4.98 Å². The van der Waals surface area contributed by atoms with E-state index in [9.17, 15) is 9.59 Å². The number of ketones is 1. The van der Waals surface area contributed by atoms with Gasteiger partial charge in [0.25, 0.3) is 0 Å². The van der Waals surface area contributed by atoms with Crippen LogP contribution in [0.1, 0.15) is 16.8 Å². The van der Waals surface area contributed by atoms with Gasteiger partial charge in [-0.1, -0.05) is 11.6 Å². The van der Waals surface area contributed by atoms with E-state index in [-0.39, 0.29) is 16.5 Å². The predicted octanol–water partition coefficient (Wildman–Crippen LogP) is 1.49. The summed E-state index contributed by atoms with van der Waals surface area (Å²) in [7, 11) is 2.57. The average molecular weight is 244 g/mol. The van der Waals surface area contributed by atoms with E-state index in [2.05, 4.69) is 9.72 Å². The van der Waals surface area contributed by atoms with Crippen molar-refractivity contribution in [3.63, 3.8) is 0 Å². The Bertz CT molecular complexity index is 419. The van der Waals surface area contributed by atoms with Crippen molar-refractivity contribution in [3.05, 3.63) is 22.8 Å². The number of pyridine rings is 1. The highest BCUT2D eigenvalue weighted by Gasteiger charge is 2.20. The molecule has 5 nitrogen and oxygen atoms in total. The number of halogens is 1. The molecule has 86 valence electrons. The van der Waals surface area contributed by atoms with Gasteiger partial charge in [0.1, 0.15) is 6.42 Å². The maximum atomic E-state index is 11.7. The Morgan fingerprint density at radius 2 is 2.12 bits per heavy atom. The number of carbonyl (C=O) groups excluding carboxylic acids is 2. The molecule has 0 unspecified atom stereocenters. The van der Waals surface area contributed by atoms with Gasteiger partial charge in [0, 0.05) is 6.20 Å². The van der Waals surface area contributed by atoms with Crippen molar-refractivity contribution in [3.8, 4) is 5.88 Å². The van der Waals surface area contributed by atoms with Crippen molar-refractivity contribution in [2.75, 3.05) is 14.2 Å². The molecule has 0 fully saturated rings. The molecule has 0 aliphatic rings. The van der Waals surface area contributed by atoms with Crippen LogP contribution in [-0.2, 0) is 9.53 Å². The summed E-state index contributed by atoms with van der Waals surface area (Å²) in [6, 6.07) is 1.45. The van der Waals surface area contributed by atoms with Gasteiger partial charge < -0.3 is 9.47 Å². The minimum absolute atomic E-state index is 0.0945. The second-order valence-electron chi connectivity index (χ2n) is 2.85. The fraction of sp³-hybridized carbons (Fsp3) is 0.300. The molecule has 0 aliphatic heterocycles. The summed E-state index contributed by atoms with van der Waals surface area (Å²) in [5, 5.41) is 0.195. The molecule has 0 saturated carbocycles. The molecular formula is C10H10ClNO4. The van der Waals surface area contributed by atoms with Crippen LogP contribution in [0.3, 0.4) is 0 Å². The number of methoxy groups -OCH3 is 2. The lowest BCUT2D eigenvalue weighted by Gasteiger charge is -2.07. The molecule has 0 spiro atoms. The molecule has 1 heterocycles. The van der Waals surface area contributed by atoms with E-state index in [1.165, 1.54) is 26.5 Å². The first kappa shape index (κ1) is 12.4. The van der Waals surface area contributed by atoms with Gasteiger partial charge in [-0.05, 0) is 6.07 Å². The first-order valence-electron chi connectivity index (χ1n) is 4.38. The van der Waals surface area contributed by atoms with Crippen LogP contribution in [0.15, 0.2) is 12.3 Å². The maximum Gasteiger partial charge on any atom is 0.313 e. The van der Waals surface area contributed by atoms with E-state index in [1.54, 1.807) is 0 Å². The molecule has 0 bridgehead atoms. The highest BCUT2D eigenvalue weighted by molar-refractivity contribution is 6.34. The molecule has 1 rings (SSSR count). The maximum absolute atomic E-state index is 11.7. The highest BCUT2D eigenvalue weighted by atomic mass is 35.5. The Morgan fingerprint density at radius 3 is 2.69 bits per heavy atom. The molecule has 0 aliphatic carbocycles. The Balaban J connectivity index is 3.02. The quantitative estimate of drug-likeness (QED) is 0.455. The Hall–Kier alpha value is -1.62. The molecule has 0 saturated heterocycles. The largest absolute Gasteiger partial charge is 0.480 e. The van der Waals surface area contributed by atoms with Crippen molar-refractivity contribution < 1.29 is 19.1 Å². The second-order valence-corrected chi connectivity index (χ2v) is 3.26. The zero-order valence-corrected chi connectivity index (χ0v) is 9.58. The summed E-state index contributed by atoms with van der Waals surface area (Å²) in [5.41, 5.74) is 0.0945. The normalized spacial score (nSPS) is 9.69. The van der Waals surface area contributed by atoms with Gasteiger partial charge in [0.05, 0.1) is 24.8 Å². The number of ether oxygens (including phenoxy) is 2. The van der Waals surface area contributed by atoms with Crippen molar-refractivity contribution in [2.45, 2.75) is 6.42 Å². The lowest BCUT2D eigenvalue weighted by molar-refractivity contribution is -0.139. The van der Waals surface area contributed by atoms with E-state index in [1.807, 2.05) is 0 Å². The lowest BCUT2D eigenvalue weighted by Crippen LogP contribution is -2.11. The summed E-state index contributed by atoms with van der Waals surface area (Å²) >= 11 is 5.84. The van der Waals surface area contributed by atoms with Gasteiger partial charge in [-0.3, -0.25) is 9.59 Å². The smallest absolute Gasteiger partial charge is 0.313 e. The number of Topliss-reactive ketones (excluding diaryl/α,β-unsaturated/α-hetero) is 1. The molecule has 0 N–H and O–H groups in total. The molecule has 0 aromatic carbocycles. The Labute approximate surface area is 97.3 Å². The Morgan fingerprint density at radius 1 is 1.44 bits per heavy atom. The third kappa shape index (κ3) is 2.70. The second kappa shape index (κ2) is 5.46. The van der Waals surface area contributed by atoms with Crippen molar-refractivity contribution in [1.29, 1.82) is 0 Å². The molecule has 0 amide bonds. The van der Waals surface area contributed by atoms with Crippen molar-refractivity contribution in [1.82, 2.24) is 4.98 Å². The molecule has 6 heteroatoms. The van der Waals surface area contributed by atoms with Gasteiger partial charge in [0.2, 0.25) is 5.88 Å². The molecule has 0 atom stereocenters. The Kier molecular flexibility index (Phi) is 4.25. The zero-order valence-electron chi connectivity index (χ0n) is 8.82. The predicted molar refractivity (Wildman–Crippen MR) is 56.8 cm³/mol. The number of hydrogen-bond acceptors (Lipinski definition) is 5. The van der Waals surface area contributed by atoms with E-state index in [0.29, 0.717) is 0 Å². The first-order chi connectivity index (χ1) is 7.60.